The zero-order valence-corrected chi connectivity index (χ0v) is 39.2. The number of aromatic hydroxyl groups is 5. The summed E-state index contributed by atoms with van der Waals surface area (Å²) in [5, 5.41) is 62.0. The number of furan rings is 1. The van der Waals surface area contributed by atoms with Crippen LogP contribution >= 0.6 is 0 Å². The zero-order chi connectivity index (χ0) is 46.3. The summed E-state index contributed by atoms with van der Waals surface area (Å²) in [6.45, 7) is 0. The van der Waals surface area contributed by atoms with Crippen LogP contribution in [0.25, 0.3) is 88.1 Å². The molecule has 0 aliphatic heterocycles. The molecule has 0 aliphatic carbocycles. The molecule has 0 fully saturated rings. The highest BCUT2D eigenvalue weighted by molar-refractivity contribution is 6.71. The third-order valence-electron chi connectivity index (χ3n) is 15.2. The summed E-state index contributed by atoms with van der Waals surface area (Å²) in [4.78, 5) is 4.81. The van der Waals surface area contributed by atoms with E-state index in [0.29, 0.717) is 27.5 Å². The molecule has 64 heavy (non-hydrogen) atoms. The van der Waals surface area contributed by atoms with E-state index in [1.165, 1.54) is 32.9 Å². The molecule has 9 aromatic rings. The fourth-order valence-corrected chi connectivity index (χ4v) is 10.7. The molecule has 0 saturated carbocycles. The lowest BCUT2D eigenvalue weighted by Gasteiger charge is -2.29. The average Bonchev–Trinajstić information content (AvgIpc) is 3.70. The summed E-state index contributed by atoms with van der Waals surface area (Å²) in [6, 6.07) is 14.1. The Morgan fingerprint density at radius 3 is 1.27 bits per heavy atom. The molecular weight excluding hydrogens is 778 g/mol. The fraction of sp³-hybridized carbons (Fsp3) is 0. The minimum Gasteiger partial charge on any atom is -0.509 e. The molecule has 0 atom stereocenters. The van der Waals surface area contributed by atoms with Gasteiger partial charge in [0, 0.05) is 17.1 Å². The van der Waals surface area contributed by atoms with Crippen molar-refractivity contribution in [1.29, 1.82) is 0 Å². The van der Waals surface area contributed by atoms with Crippen molar-refractivity contribution in [2.45, 2.75) is 0 Å². The maximum Gasteiger partial charge on any atom is 0.200 e. The van der Waals surface area contributed by atoms with E-state index in [0.717, 1.165) is 98.6 Å². The molecule has 0 spiro atoms. The van der Waals surface area contributed by atoms with E-state index in [9.17, 15) is 25.5 Å². The Morgan fingerprint density at radius 2 is 0.766 bits per heavy atom. The number of nitrogens with zero attached hydrogens (tertiary/aromatic N) is 1. The van der Waals surface area contributed by atoms with Gasteiger partial charge in [0.15, 0.2) is 11.5 Å². The number of fused-ring (bicyclic) bond motifs is 5. The standard InChI is InChI=1S/C43H41B14NO6/c44-23-13(14(11-3-1-2-8-58-11)20-22-37(59)41(63)40(62)36(57)43(22)64-42(20)35(23)56)10-6-4-9(5-7-10)12-16-18(24(45)33(54)38(60)28(16)49)15(19-17(12)29(50)39(61)34(55)25(19)46)21-26(47)30(51)32(53)31(52)27(21)48/h1-8,59-63H,44-57H2. The van der Waals surface area contributed by atoms with Gasteiger partial charge in [-0.1, -0.05) is 74.0 Å². The van der Waals surface area contributed by atoms with Crippen molar-refractivity contribution >= 4 is 230 Å². The van der Waals surface area contributed by atoms with E-state index in [1.807, 2.05) is 65.3 Å². The molecule has 21 heteroatoms. The van der Waals surface area contributed by atoms with Gasteiger partial charge in [0.2, 0.25) is 5.75 Å². The van der Waals surface area contributed by atoms with E-state index in [2.05, 4.69) is 79.2 Å². The van der Waals surface area contributed by atoms with Gasteiger partial charge in [-0.3, -0.25) is 4.98 Å². The Balaban J connectivity index is 1.44. The Bertz CT molecular complexity index is 3490. The van der Waals surface area contributed by atoms with E-state index >= 15 is 0 Å². The second-order valence-electron chi connectivity index (χ2n) is 18.2. The molecule has 296 valence electrons. The quantitative estimate of drug-likeness (QED) is 0.0680. The maximum atomic E-state index is 11.9. The second kappa shape index (κ2) is 15.0. The normalized spacial score (nSPS) is 11.7. The van der Waals surface area contributed by atoms with Gasteiger partial charge in [0.05, 0.1) is 11.1 Å². The highest BCUT2D eigenvalue weighted by Gasteiger charge is 2.31. The number of phenols is 5. The van der Waals surface area contributed by atoms with Gasteiger partial charge >= 0.3 is 0 Å². The van der Waals surface area contributed by atoms with Crippen LogP contribution in [0, 0.1) is 0 Å². The van der Waals surface area contributed by atoms with E-state index in [-0.39, 0.29) is 17.1 Å². The number of rotatable bonds is 4. The Morgan fingerprint density at radius 1 is 0.312 bits per heavy atom. The van der Waals surface area contributed by atoms with Crippen LogP contribution in [-0.4, -0.2) is 140 Å². The lowest BCUT2D eigenvalue weighted by atomic mass is 9.58. The van der Waals surface area contributed by atoms with E-state index < -0.39 is 17.2 Å². The molecule has 0 unspecified atom stereocenters. The molecule has 7 aromatic carbocycles. The number of pyridine rings is 1. The Kier molecular flexibility index (Phi) is 10.1. The van der Waals surface area contributed by atoms with Crippen molar-refractivity contribution < 1.29 is 29.9 Å². The number of aromatic nitrogens is 1. The Hall–Kier alpha value is -6.08. The van der Waals surface area contributed by atoms with Gasteiger partial charge in [-0.05, 0) is 83.4 Å². The summed E-state index contributed by atoms with van der Waals surface area (Å²) >= 11 is 0. The van der Waals surface area contributed by atoms with E-state index in [1.54, 1.807) is 14.0 Å². The lowest BCUT2D eigenvalue weighted by Crippen LogP contribution is -2.55. The third-order valence-corrected chi connectivity index (χ3v) is 15.2. The first-order valence-corrected chi connectivity index (χ1v) is 21.9. The zero-order valence-electron chi connectivity index (χ0n) is 39.2. The third kappa shape index (κ3) is 5.71. The van der Waals surface area contributed by atoms with Crippen molar-refractivity contribution in [1.82, 2.24) is 4.98 Å². The van der Waals surface area contributed by atoms with Crippen LogP contribution in [0.5, 0.6) is 28.7 Å². The number of benzene rings is 7. The SMILES string of the molecule is Bc1c(B)c(B)c(-c2c3c(B)c(B)c(O)c(B)c3c(-c3ccc(-c4c(B)c(B)c5oc6c(B)c(O)c(O)c(O)c6c5c4-c4ccccn4)cc3)c3c(B)c(O)c(B)c(B)c23)c(B)c1B. The van der Waals surface area contributed by atoms with Gasteiger partial charge in [-0.15, -0.1) is 16.4 Å². The van der Waals surface area contributed by atoms with Crippen molar-refractivity contribution in [3.05, 3.63) is 48.7 Å². The minimum absolute atomic E-state index is 0.258. The fourth-order valence-electron chi connectivity index (χ4n) is 10.7. The Labute approximate surface area is 384 Å². The van der Waals surface area contributed by atoms with Crippen LogP contribution in [0.15, 0.2) is 53.1 Å². The van der Waals surface area contributed by atoms with Gasteiger partial charge in [0.25, 0.3) is 0 Å². The highest BCUT2D eigenvalue weighted by atomic mass is 16.3. The van der Waals surface area contributed by atoms with Crippen LogP contribution in [0.4, 0.5) is 0 Å². The van der Waals surface area contributed by atoms with Gasteiger partial charge < -0.3 is 29.9 Å². The van der Waals surface area contributed by atoms with Crippen LogP contribution in [0.3, 0.4) is 0 Å². The van der Waals surface area contributed by atoms with Crippen molar-refractivity contribution in [2.75, 3.05) is 0 Å². The van der Waals surface area contributed by atoms with Crippen LogP contribution in [-0.2, 0) is 0 Å². The van der Waals surface area contributed by atoms with Crippen LogP contribution in [0.1, 0.15) is 0 Å². The predicted octanol–water partition coefficient (Wildman–Crippen LogP) is -13.9. The molecule has 5 N–H and O–H groups in total. The smallest absolute Gasteiger partial charge is 0.200 e. The van der Waals surface area contributed by atoms with Crippen molar-refractivity contribution in [3.63, 3.8) is 0 Å². The summed E-state index contributed by atoms with van der Waals surface area (Å²) in [6.07, 6.45) is 1.73. The number of hydrogen-bond donors (Lipinski definition) is 5. The number of phenolic OH excluding ortho intramolecular Hbond substituents is 5. The monoisotopic (exact) mass is 821 g/mol. The number of hydrogen-bond acceptors (Lipinski definition) is 7. The van der Waals surface area contributed by atoms with Crippen LogP contribution < -0.4 is 76.5 Å². The summed E-state index contributed by atoms with van der Waals surface area (Å²) in [7, 11) is 29.0. The largest absolute Gasteiger partial charge is 0.509 e. The highest BCUT2D eigenvalue weighted by Crippen LogP contribution is 2.48. The molecule has 0 aliphatic rings. The van der Waals surface area contributed by atoms with Crippen molar-refractivity contribution in [3.8, 4) is 73.4 Å². The maximum absolute atomic E-state index is 11.9. The molecule has 0 radical (unpaired) electrons. The van der Waals surface area contributed by atoms with Crippen molar-refractivity contribution in [2.24, 2.45) is 0 Å². The summed E-state index contributed by atoms with van der Waals surface area (Å²) in [5.41, 5.74) is 21.7. The summed E-state index contributed by atoms with van der Waals surface area (Å²) in [5.74, 6) is -0.985. The molecule has 2 heterocycles. The van der Waals surface area contributed by atoms with E-state index in [4.69, 9.17) is 9.40 Å². The first-order valence-electron chi connectivity index (χ1n) is 21.9. The van der Waals surface area contributed by atoms with Crippen LogP contribution in [0.2, 0.25) is 0 Å². The molecule has 0 amide bonds. The molecule has 7 nitrogen and oxygen atoms in total. The minimum atomic E-state index is -0.606. The molecule has 0 bridgehead atoms. The average molecular weight is 819 g/mol. The molecular formula is C43H41B14NO6. The molecule has 9 rings (SSSR count). The lowest BCUT2D eigenvalue weighted by molar-refractivity contribution is 0.373. The van der Waals surface area contributed by atoms with Gasteiger partial charge in [-0.2, -0.15) is 0 Å². The predicted molar refractivity (Wildman–Crippen MR) is 311 cm³/mol. The second-order valence-corrected chi connectivity index (χ2v) is 18.2. The van der Waals surface area contributed by atoms with Gasteiger partial charge in [-0.25, -0.2) is 0 Å². The first kappa shape index (κ1) is 43.2. The first-order chi connectivity index (χ1) is 30.2. The molecule has 2 aromatic heterocycles. The van der Waals surface area contributed by atoms with Gasteiger partial charge in [0.1, 0.15) is 133 Å². The topological polar surface area (TPSA) is 127 Å². The molecule has 0 saturated heterocycles. The summed E-state index contributed by atoms with van der Waals surface area (Å²) < 4.78 is 6.48.